The summed E-state index contributed by atoms with van der Waals surface area (Å²) in [6.45, 7) is -0.669. The number of anilines is 1. The van der Waals surface area contributed by atoms with Gasteiger partial charge in [-0.1, -0.05) is 6.07 Å². The van der Waals surface area contributed by atoms with Gasteiger partial charge in [0.1, 0.15) is 18.8 Å². The summed E-state index contributed by atoms with van der Waals surface area (Å²) >= 11 is 0. The number of rotatable bonds is 6. The van der Waals surface area contributed by atoms with Crippen LogP contribution in [0, 0.1) is 0 Å². The number of nitrogens with two attached hydrogens (primary N) is 1. The van der Waals surface area contributed by atoms with E-state index in [0.717, 1.165) is 16.0 Å². The number of hydrogen-bond donors (Lipinski definition) is 3. The fourth-order valence-electron chi connectivity index (χ4n) is 4.27. The van der Waals surface area contributed by atoms with Crippen LogP contribution in [0.2, 0.25) is 0 Å². The lowest BCUT2D eigenvalue weighted by molar-refractivity contribution is -0.137. The summed E-state index contributed by atoms with van der Waals surface area (Å²) < 4.78 is 15.6. The van der Waals surface area contributed by atoms with Crippen LogP contribution in [0.5, 0.6) is 5.88 Å². The first-order valence-electron chi connectivity index (χ1n) is 11.1. The third kappa shape index (κ3) is 4.63. The van der Waals surface area contributed by atoms with E-state index >= 15 is 0 Å². The smallest absolute Gasteiger partial charge is 0.269 e. The Morgan fingerprint density at radius 2 is 1.92 bits per heavy atom. The van der Waals surface area contributed by atoms with Gasteiger partial charge in [-0.15, -0.1) is 0 Å². The highest BCUT2D eigenvalue weighted by atomic mass is 19.1. The number of aromatic hydroxyl groups is 1. The SMILES string of the molecule is NC(=O)c1nn(CC(=O)N2CC(F)CC2C(=O)Nc2nccnc2O)c2ccc(-c3ccnnc3)cc12. The van der Waals surface area contributed by atoms with Crippen LogP contribution in [0.15, 0.2) is 49.1 Å². The van der Waals surface area contributed by atoms with E-state index in [0.29, 0.717) is 10.9 Å². The maximum atomic E-state index is 14.3. The van der Waals surface area contributed by atoms with Crippen molar-refractivity contribution in [3.8, 4) is 17.0 Å². The van der Waals surface area contributed by atoms with Gasteiger partial charge >= 0.3 is 0 Å². The number of likely N-dealkylation sites (tertiary alicyclic amines) is 1. The van der Waals surface area contributed by atoms with Gasteiger partial charge in [0.25, 0.3) is 11.8 Å². The van der Waals surface area contributed by atoms with Crippen molar-refractivity contribution in [3.05, 3.63) is 54.7 Å². The zero-order valence-corrected chi connectivity index (χ0v) is 19.2. The molecule has 5 rings (SSSR count). The molecule has 37 heavy (non-hydrogen) atoms. The Hall–Kier alpha value is -5.01. The number of nitrogens with zero attached hydrogens (tertiary/aromatic N) is 7. The summed E-state index contributed by atoms with van der Waals surface area (Å²) in [7, 11) is 0. The highest BCUT2D eigenvalue weighted by Gasteiger charge is 2.40. The predicted molar refractivity (Wildman–Crippen MR) is 127 cm³/mol. The maximum absolute atomic E-state index is 14.3. The van der Waals surface area contributed by atoms with Crippen LogP contribution < -0.4 is 11.1 Å². The molecule has 0 saturated carbocycles. The van der Waals surface area contributed by atoms with E-state index in [1.165, 1.54) is 23.3 Å². The van der Waals surface area contributed by atoms with Crippen LogP contribution in [0.3, 0.4) is 0 Å². The van der Waals surface area contributed by atoms with Crippen LogP contribution in [-0.4, -0.2) is 76.4 Å². The highest BCUT2D eigenvalue weighted by Crippen LogP contribution is 2.28. The third-order valence-electron chi connectivity index (χ3n) is 5.98. The van der Waals surface area contributed by atoms with Gasteiger partial charge in [-0.2, -0.15) is 15.3 Å². The molecular formula is C23H20FN9O4. The highest BCUT2D eigenvalue weighted by molar-refractivity contribution is 6.05. The Bertz CT molecular complexity index is 1510. The molecule has 3 amide bonds. The van der Waals surface area contributed by atoms with Gasteiger partial charge in [-0.05, 0) is 23.8 Å². The molecule has 3 aromatic heterocycles. The lowest BCUT2D eigenvalue weighted by atomic mass is 10.0. The van der Waals surface area contributed by atoms with E-state index in [4.69, 9.17) is 5.73 Å². The molecule has 2 atom stereocenters. The Labute approximate surface area is 208 Å². The summed E-state index contributed by atoms with van der Waals surface area (Å²) in [5, 5.41) is 24.4. The zero-order chi connectivity index (χ0) is 26.1. The fourth-order valence-corrected chi connectivity index (χ4v) is 4.27. The first-order valence-corrected chi connectivity index (χ1v) is 11.1. The van der Waals surface area contributed by atoms with Crippen molar-refractivity contribution < 1.29 is 23.9 Å². The number of carbonyl (C=O) groups excluding carboxylic acids is 3. The van der Waals surface area contributed by atoms with Crippen LogP contribution in [0.4, 0.5) is 10.2 Å². The number of primary amides is 1. The number of benzene rings is 1. The standard InChI is InChI=1S/C23H20FN9O4/c24-14-8-17(22(36)30-21-23(37)27-6-5-26-21)32(10-14)18(34)11-33-16-2-1-12(13-3-4-28-29-9-13)7-15(16)19(31-33)20(25)35/h1-7,9,14,17H,8,10-11H2,(H2,25,35)(H,27,37)(H,26,30,36). The van der Waals surface area contributed by atoms with E-state index in [9.17, 15) is 23.9 Å². The second-order valence-electron chi connectivity index (χ2n) is 8.35. The normalized spacial score (nSPS) is 17.2. The van der Waals surface area contributed by atoms with Gasteiger partial charge in [0.2, 0.25) is 11.8 Å². The number of halogens is 1. The number of carbonyl (C=O) groups is 3. The van der Waals surface area contributed by atoms with Crippen molar-refractivity contribution >= 4 is 34.4 Å². The summed E-state index contributed by atoms with van der Waals surface area (Å²) in [4.78, 5) is 46.7. The Morgan fingerprint density at radius 1 is 1.11 bits per heavy atom. The molecular weight excluding hydrogens is 485 g/mol. The van der Waals surface area contributed by atoms with E-state index in [1.54, 1.807) is 30.5 Å². The van der Waals surface area contributed by atoms with Crippen molar-refractivity contribution in [2.45, 2.75) is 25.2 Å². The Morgan fingerprint density at radius 3 is 2.65 bits per heavy atom. The van der Waals surface area contributed by atoms with Crippen LogP contribution in [0.1, 0.15) is 16.9 Å². The summed E-state index contributed by atoms with van der Waals surface area (Å²) in [5.74, 6) is -2.80. The van der Waals surface area contributed by atoms with Gasteiger partial charge in [0.15, 0.2) is 11.5 Å². The number of alkyl halides is 1. The Balaban J connectivity index is 1.41. The lowest BCUT2D eigenvalue weighted by Crippen LogP contribution is -2.44. The molecule has 1 fully saturated rings. The van der Waals surface area contributed by atoms with Gasteiger partial charge in [0.05, 0.1) is 24.5 Å². The van der Waals surface area contributed by atoms with Crippen molar-refractivity contribution in [2.24, 2.45) is 5.73 Å². The van der Waals surface area contributed by atoms with Gasteiger partial charge in [0, 0.05) is 29.8 Å². The number of amides is 3. The molecule has 1 aliphatic rings. The Kier molecular flexibility index (Phi) is 6.13. The van der Waals surface area contributed by atoms with E-state index in [1.807, 2.05) is 0 Å². The molecule has 4 aromatic rings. The van der Waals surface area contributed by atoms with Crippen molar-refractivity contribution in [3.63, 3.8) is 0 Å². The molecule has 0 radical (unpaired) electrons. The van der Waals surface area contributed by atoms with Crippen molar-refractivity contribution in [1.82, 2.24) is 34.8 Å². The number of hydrogen-bond acceptors (Lipinski definition) is 9. The van der Waals surface area contributed by atoms with Gasteiger partial charge < -0.3 is 21.1 Å². The second-order valence-corrected chi connectivity index (χ2v) is 8.35. The minimum absolute atomic E-state index is 0.0381. The third-order valence-corrected chi connectivity index (χ3v) is 5.98. The van der Waals surface area contributed by atoms with Gasteiger partial charge in [-0.3, -0.25) is 19.1 Å². The number of aromatic nitrogens is 6. The monoisotopic (exact) mass is 505 g/mol. The van der Waals surface area contributed by atoms with E-state index < -0.39 is 35.8 Å². The summed E-state index contributed by atoms with van der Waals surface area (Å²) in [6, 6.07) is 5.76. The molecule has 0 aliphatic carbocycles. The van der Waals surface area contributed by atoms with Crippen molar-refractivity contribution in [1.29, 1.82) is 0 Å². The van der Waals surface area contributed by atoms with Crippen LogP contribution in [-0.2, 0) is 16.1 Å². The lowest BCUT2D eigenvalue weighted by Gasteiger charge is -2.23. The molecule has 4 heterocycles. The average molecular weight is 505 g/mol. The first-order chi connectivity index (χ1) is 17.8. The molecule has 1 saturated heterocycles. The number of fused-ring (bicyclic) bond motifs is 1. The van der Waals surface area contributed by atoms with Gasteiger partial charge in [-0.25, -0.2) is 14.4 Å². The van der Waals surface area contributed by atoms with Crippen LogP contribution >= 0.6 is 0 Å². The molecule has 13 nitrogen and oxygen atoms in total. The zero-order valence-electron chi connectivity index (χ0n) is 19.2. The molecule has 0 bridgehead atoms. The topological polar surface area (TPSA) is 182 Å². The summed E-state index contributed by atoms with van der Waals surface area (Å²) in [6.07, 6.45) is 3.94. The fraction of sp³-hybridized carbons (Fsp3) is 0.217. The molecule has 2 unspecified atom stereocenters. The predicted octanol–water partition coefficient (Wildman–Crippen LogP) is 0.665. The minimum atomic E-state index is -1.43. The molecule has 1 aromatic carbocycles. The molecule has 1 aliphatic heterocycles. The first kappa shape index (κ1) is 23.7. The molecule has 4 N–H and O–H groups in total. The quantitative estimate of drug-likeness (QED) is 0.339. The maximum Gasteiger partial charge on any atom is 0.269 e. The average Bonchev–Trinajstić information content (AvgIpc) is 3.46. The largest absolute Gasteiger partial charge is 0.491 e. The molecule has 188 valence electrons. The minimum Gasteiger partial charge on any atom is -0.491 e. The molecule has 0 spiro atoms. The summed E-state index contributed by atoms with van der Waals surface area (Å²) in [5.41, 5.74) is 7.44. The molecule has 14 heteroatoms. The number of nitrogens with one attached hydrogen (secondary N) is 1. The van der Waals surface area contributed by atoms with E-state index in [-0.39, 0.29) is 31.0 Å². The van der Waals surface area contributed by atoms with Crippen molar-refractivity contribution in [2.75, 3.05) is 11.9 Å². The van der Waals surface area contributed by atoms with Crippen LogP contribution in [0.25, 0.3) is 22.0 Å². The second kappa shape index (κ2) is 9.56. The van der Waals surface area contributed by atoms with E-state index in [2.05, 4.69) is 30.6 Å².